The number of nitrogens with one attached hydrogen (secondary N) is 1. The first-order valence-corrected chi connectivity index (χ1v) is 10.3. The van der Waals surface area contributed by atoms with Gasteiger partial charge in [-0.3, -0.25) is 9.59 Å². The van der Waals surface area contributed by atoms with Crippen LogP contribution < -0.4 is 14.8 Å². The molecule has 2 aliphatic rings. The molecule has 2 atom stereocenters. The summed E-state index contributed by atoms with van der Waals surface area (Å²) in [5, 5.41) is 11.7. The molecule has 2 aromatic rings. The van der Waals surface area contributed by atoms with Crippen molar-refractivity contribution in [2.75, 3.05) is 24.3 Å². The summed E-state index contributed by atoms with van der Waals surface area (Å²) >= 11 is 1.34. The molecule has 146 valence electrons. The third-order valence-corrected chi connectivity index (χ3v) is 5.80. The van der Waals surface area contributed by atoms with Gasteiger partial charge in [-0.25, -0.2) is 0 Å². The lowest BCUT2D eigenvalue weighted by Crippen LogP contribution is -2.16. The summed E-state index contributed by atoms with van der Waals surface area (Å²) in [6.45, 7) is 1.11. The van der Waals surface area contributed by atoms with Crippen molar-refractivity contribution in [3.05, 3.63) is 53.6 Å². The number of hydrogen-bond acceptors (Lipinski definition) is 5. The van der Waals surface area contributed by atoms with E-state index < -0.39 is 5.97 Å². The lowest BCUT2D eigenvalue weighted by atomic mass is 10.1. The number of aliphatic carboxylic acids is 1. The second kappa shape index (κ2) is 8.14. The molecule has 1 fully saturated rings. The van der Waals surface area contributed by atoms with E-state index in [-0.39, 0.29) is 23.5 Å². The first-order valence-electron chi connectivity index (χ1n) is 9.19. The fourth-order valence-corrected chi connectivity index (χ4v) is 4.07. The molecule has 6 nitrogen and oxygen atoms in total. The van der Waals surface area contributed by atoms with Crippen LogP contribution in [0, 0.1) is 5.92 Å². The Morgan fingerprint density at radius 1 is 1.11 bits per heavy atom. The lowest BCUT2D eigenvalue weighted by Gasteiger charge is -2.18. The van der Waals surface area contributed by atoms with Crippen LogP contribution in [0.1, 0.15) is 23.5 Å². The Labute approximate surface area is 167 Å². The molecule has 1 saturated carbocycles. The molecule has 0 spiro atoms. The van der Waals surface area contributed by atoms with Gasteiger partial charge in [-0.05, 0) is 47.7 Å². The average Bonchev–Trinajstić information content (AvgIpc) is 3.49. The maximum Gasteiger partial charge on any atom is 0.313 e. The SMILES string of the molecule is O=C(O)CSCc1cccc(NC(=O)C2CC2c2ccc3c(c2)OCCO3)c1. The summed E-state index contributed by atoms with van der Waals surface area (Å²) in [6, 6.07) is 13.4. The molecule has 4 rings (SSSR count). The number of fused-ring (bicyclic) bond motifs is 1. The molecule has 2 aromatic carbocycles. The highest BCUT2D eigenvalue weighted by molar-refractivity contribution is 7.99. The molecule has 2 N–H and O–H groups in total. The van der Waals surface area contributed by atoms with Gasteiger partial charge in [-0.1, -0.05) is 18.2 Å². The topological polar surface area (TPSA) is 84.9 Å². The molecule has 0 aromatic heterocycles. The Balaban J connectivity index is 1.34. The van der Waals surface area contributed by atoms with Crippen LogP contribution in [0.5, 0.6) is 11.5 Å². The summed E-state index contributed by atoms with van der Waals surface area (Å²) in [5.74, 6) is 1.51. The Morgan fingerprint density at radius 2 is 1.93 bits per heavy atom. The molecule has 0 radical (unpaired) electrons. The first kappa shape index (κ1) is 18.7. The molecular weight excluding hydrogens is 378 g/mol. The highest BCUT2D eigenvalue weighted by Gasteiger charge is 2.44. The third kappa shape index (κ3) is 4.42. The van der Waals surface area contributed by atoms with Crippen molar-refractivity contribution in [2.45, 2.75) is 18.1 Å². The van der Waals surface area contributed by atoms with E-state index in [0.717, 1.165) is 34.7 Å². The van der Waals surface area contributed by atoms with E-state index in [4.69, 9.17) is 14.6 Å². The van der Waals surface area contributed by atoms with Gasteiger partial charge in [-0.15, -0.1) is 11.8 Å². The zero-order valence-corrected chi connectivity index (χ0v) is 16.0. The van der Waals surface area contributed by atoms with Crippen LogP contribution in [0.4, 0.5) is 5.69 Å². The summed E-state index contributed by atoms with van der Waals surface area (Å²) in [4.78, 5) is 23.2. The van der Waals surface area contributed by atoms with Crippen molar-refractivity contribution in [3.63, 3.8) is 0 Å². The van der Waals surface area contributed by atoms with Crippen molar-refractivity contribution >= 4 is 29.3 Å². The smallest absolute Gasteiger partial charge is 0.313 e. The van der Waals surface area contributed by atoms with Gasteiger partial charge in [0.2, 0.25) is 5.91 Å². The Kier molecular flexibility index (Phi) is 5.43. The number of anilines is 1. The van der Waals surface area contributed by atoms with E-state index in [1.54, 1.807) is 0 Å². The van der Waals surface area contributed by atoms with Gasteiger partial charge in [0.1, 0.15) is 13.2 Å². The minimum absolute atomic E-state index is 0.00947. The average molecular weight is 399 g/mol. The highest BCUT2D eigenvalue weighted by Crippen LogP contribution is 2.49. The monoisotopic (exact) mass is 399 g/mol. The predicted octanol–water partition coefficient (Wildman–Crippen LogP) is 3.52. The summed E-state index contributed by atoms with van der Waals surface area (Å²) in [7, 11) is 0. The van der Waals surface area contributed by atoms with E-state index in [1.165, 1.54) is 11.8 Å². The van der Waals surface area contributed by atoms with E-state index in [0.29, 0.717) is 19.0 Å². The van der Waals surface area contributed by atoms with Crippen molar-refractivity contribution in [2.24, 2.45) is 5.92 Å². The molecule has 7 heteroatoms. The van der Waals surface area contributed by atoms with Crippen LogP contribution in [0.2, 0.25) is 0 Å². The van der Waals surface area contributed by atoms with Gasteiger partial charge in [0.15, 0.2) is 11.5 Å². The molecule has 1 aliphatic carbocycles. The molecule has 1 amide bonds. The van der Waals surface area contributed by atoms with Crippen LogP contribution in [-0.2, 0) is 15.3 Å². The first-order chi connectivity index (χ1) is 13.6. The zero-order chi connectivity index (χ0) is 19.5. The number of rotatable bonds is 7. The molecule has 28 heavy (non-hydrogen) atoms. The number of ether oxygens (including phenoxy) is 2. The van der Waals surface area contributed by atoms with Crippen molar-refractivity contribution in [3.8, 4) is 11.5 Å². The van der Waals surface area contributed by atoms with Gasteiger partial charge in [-0.2, -0.15) is 0 Å². The third-order valence-electron chi connectivity index (χ3n) is 4.81. The Morgan fingerprint density at radius 3 is 2.75 bits per heavy atom. The number of carboxylic acids is 1. The number of amides is 1. The standard InChI is InChI=1S/C21H21NO5S/c23-20(24)12-28-11-13-2-1-3-15(8-13)22-21(25)17-10-16(17)14-4-5-18-19(9-14)27-7-6-26-18/h1-5,8-9,16-17H,6-7,10-12H2,(H,22,25)(H,23,24). The van der Waals surface area contributed by atoms with E-state index in [9.17, 15) is 9.59 Å². The van der Waals surface area contributed by atoms with Crippen LogP contribution in [-0.4, -0.2) is 35.9 Å². The molecule has 0 saturated heterocycles. The second-order valence-corrected chi connectivity index (χ2v) is 7.91. The van der Waals surface area contributed by atoms with E-state index in [1.807, 2.05) is 42.5 Å². The maximum absolute atomic E-state index is 12.6. The fraction of sp³-hybridized carbons (Fsp3) is 0.333. The van der Waals surface area contributed by atoms with Crippen molar-refractivity contribution in [1.82, 2.24) is 0 Å². The summed E-state index contributed by atoms with van der Waals surface area (Å²) in [6.07, 6.45) is 0.819. The number of carbonyl (C=O) groups is 2. The summed E-state index contributed by atoms with van der Waals surface area (Å²) < 4.78 is 11.2. The minimum atomic E-state index is -0.826. The number of hydrogen-bond donors (Lipinski definition) is 2. The molecule has 1 aliphatic heterocycles. The number of carboxylic acid groups (broad SMARTS) is 1. The van der Waals surface area contributed by atoms with Crippen molar-refractivity contribution in [1.29, 1.82) is 0 Å². The fourth-order valence-electron chi connectivity index (χ4n) is 3.37. The van der Waals surface area contributed by atoms with Gasteiger partial charge in [0.05, 0.1) is 5.75 Å². The van der Waals surface area contributed by atoms with Gasteiger partial charge in [0.25, 0.3) is 0 Å². The predicted molar refractivity (Wildman–Crippen MR) is 107 cm³/mol. The molecule has 1 heterocycles. The van der Waals surface area contributed by atoms with Crippen LogP contribution in [0.15, 0.2) is 42.5 Å². The molecular formula is C21H21NO5S. The van der Waals surface area contributed by atoms with Crippen LogP contribution >= 0.6 is 11.8 Å². The van der Waals surface area contributed by atoms with Crippen molar-refractivity contribution < 1.29 is 24.2 Å². The van der Waals surface area contributed by atoms with Gasteiger partial charge < -0.3 is 19.9 Å². The zero-order valence-electron chi connectivity index (χ0n) is 15.2. The van der Waals surface area contributed by atoms with Crippen LogP contribution in [0.3, 0.4) is 0 Å². The number of thioether (sulfide) groups is 1. The number of benzene rings is 2. The van der Waals surface area contributed by atoms with E-state index in [2.05, 4.69) is 5.32 Å². The second-order valence-electron chi connectivity index (χ2n) is 6.93. The normalized spacial score (nSPS) is 19.7. The quantitative estimate of drug-likeness (QED) is 0.741. The molecule has 2 unspecified atom stereocenters. The molecule has 0 bridgehead atoms. The van der Waals surface area contributed by atoms with Gasteiger partial charge >= 0.3 is 5.97 Å². The Hall–Kier alpha value is -2.67. The van der Waals surface area contributed by atoms with Crippen LogP contribution in [0.25, 0.3) is 0 Å². The Bertz CT molecular complexity index is 900. The maximum atomic E-state index is 12.6. The van der Waals surface area contributed by atoms with E-state index >= 15 is 0 Å². The highest BCUT2D eigenvalue weighted by atomic mass is 32.2. The summed E-state index contributed by atoms with van der Waals surface area (Å²) in [5.41, 5.74) is 2.83. The number of carbonyl (C=O) groups excluding carboxylic acids is 1. The largest absolute Gasteiger partial charge is 0.486 e. The van der Waals surface area contributed by atoms with Gasteiger partial charge in [0, 0.05) is 17.4 Å². The minimum Gasteiger partial charge on any atom is -0.486 e. The lowest BCUT2D eigenvalue weighted by molar-refractivity contribution is -0.133.